The molecule has 0 aliphatic heterocycles. The van der Waals surface area contributed by atoms with E-state index in [1.54, 1.807) is 12.1 Å². The van der Waals surface area contributed by atoms with Crippen molar-refractivity contribution >= 4 is 23.0 Å². The zero-order chi connectivity index (χ0) is 11.4. The summed E-state index contributed by atoms with van der Waals surface area (Å²) in [4.78, 5) is 0. The van der Waals surface area contributed by atoms with Crippen LogP contribution in [0.5, 0.6) is 0 Å². The predicted octanol–water partition coefficient (Wildman–Crippen LogP) is 3.05. The molecule has 16 heavy (non-hydrogen) atoms. The molecule has 1 aromatic carbocycles. The summed E-state index contributed by atoms with van der Waals surface area (Å²) in [5.41, 5.74) is 0.817. The van der Waals surface area contributed by atoms with Gasteiger partial charge in [-0.05, 0) is 49.3 Å². The third kappa shape index (κ3) is 3.17. The number of thiocarbonyl (C=S) groups is 1. The van der Waals surface area contributed by atoms with Gasteiger partial charge in [0.1, 0.15) is 5.82 Å². The van der Waals surface area contributed by atoms with E-state index in [-0.39, 0.29) is 5.82 Å². The lowest BCUT2D eigenvalue weighted by molar-refractivity contribution is 0.627. The van der Waals surface area contributed by atoms with Crippen LogP contribution in [0.1, 0.15) is 25.7 Å². The largest absolute Gasteiger partial charge is 0.360 e. The van der Waals surface area contributed by atoms with Gasteiger partial charge in [-0.15, -0.1) is 0 Å². The normalized spacial score (nSPS) is 16.1. The smallest absolute Gasteiger partial charge is 0.170 e. The van der Waals surface area contributed by atoms with Gasteiger partial charge in [0.05, 0.1) is 0 Å². The number of halogens is 1. The third-order valence-corrected chi connectivity index (χ3v) is 3.01. The first-order valence-corrected chi connectivity index (χ1v) is 5.98. The van der Waals surface area contributed by atoms with Crippen molar-refractivity contribution in [1.29, 1.82) is 0 Å². The minimum absolute atomic E-state index is 0.236. The maximum Gasteiger partial charge on any atom is 0.170 e. The molecule has 0 heterocycles. The second-order valence-corrected chi connectivity index (χ2v) is 4.49. The summed E-state index contributed by atoms with van der Waals surface area (Å²) >= 11 is 5.19. The molecule has 1 aliphatic carbocycles. The van der Waals surface area contributed by atoms with E-state index in [1.165, 1.54) is 37.8 Å². The van der Waals surface area contributed by atoms with Gasteiger partial charge in [0.2, 0.25) is 0 Å². The maximum absolute atomic E-state index is 12.7. The van der Waals surface area contributed by atoms with Crippen molar-refractivity contribution in [2.75, 3.05) is 5.32 Å². The molecule has 2 nitrogen and oxygen atoms in total. The average molecular weight is 238 g/mol. The van der Waals surface area contributed by atoms with Crippen LogP contribution in [-0.4, -0.2) is 11.2 Å². The van der Waals surface area contributed by atoms with Crippen molar-refractivity contribution in [2.45, 2.75) is 31.7 Å². The Bertz CT molecular complexity index is 358. The van der Waals surface area contributed by atoms with E-state index in [1.807, 2.05) is 0 Å². The Balaban J connectivity index is 1.84. The molecule has 1 saturated carbocycles. The Labute approximate surface area is 100 Å². The van der Waals surface area contributed by atoms with Gasteiger partial charge in [0, 0.05) is 11.7 Å². The molecule has 0 radical (unpaired) electrons. The topological polar surface area (TPSA) is 24.1 Å². The molecule has 0 saturated heterocycles. The van der Waals surface area contributed by atoms with Gasteiger partial charge in [-0.25, -0.2) is 4.39 Å². The van der Waals surface area contributed by atoms with E-state index < -0.39 is 0 Å². The predicted molar refractivity (Wildman–Crippen MR) is 68.0 cm³/mol. The molecule has 2 rings (SSSR count). The number of rotatable bonds is 2. The second kappa shape index (κ2) is 5.25. The third-order valence-electron chi connectivity index (χ3n) is 2.79. The van der Waals surface area contributed by atoms with Gasteiger partial charge in [-0.2, -0.15) is 0 Å². The summed E-state index contributed by atoms with van der Waals surface area (Å²) < 4.78 is 12.7. The molecule has 86 valence electrons. The minimum Gasteiger partial charge on any atom is -0.360 e. The lowest BCUT2D eigenvalue weighted by atomic mass is 10.2. The second-order valence-electron chi connectivity index (χ2n) is 4.09. The first-order chi connectivity index (χ1) is 7.74. The quantitative estimate of drug-likeness (QED) is 0.774. The van der Waals surface area contributed by atoms with Crippen LogP contribution < -0.4 is 10.6 Å². The fourth-order valence-electron chi connectivity index (χ4n) is 1.96. The highest BCUT2D eigenvalue weighted by atomic mass is 32.1. The first-order valence-electron chi connectivity index (χ1n) is 5.57. The fourth-order valence-corrected chi connectivity index (χ4v) is 2.24. The summed E-state index contributed by atoms with van der Waals surface area (Å²) in [6.45, 7) is 0. The molecule has 0 unspecified atom stereocenters. The van der Waals surface area contributed by atoms with Crippen LogP contribution in [0.2, 0.25) is 0 Å². The molecule has 1 aromatic rings. The summed E-state index contributed by atoms with van der Waals surface area (Å²) in [7, 11) is 0. The number of nitrogens with one attached hydrogen (secondary N) is 2. The summed E-state index contributed by atoms with van der Waals surface area (Å²) in [5, 5.41) is 6.94. The Hall–Kier alpha value is -1.16. The molecular formula is C12H15FN2S. The molecular weight excluding hydrogens is 223 g/mol. The van der Waals surface area contributed by atoms with Gasteiger partial charge >= 0.3 is 0 Å². The highest BCUT2D eigenvalue weighted by molar-refractivity contribution is 7.80. The van der Waals surface area contributed by atoms with Crippen molar-refractivity contribution in [3.63, 3.8) is 0 Å². The summed E-state index contributed by atoms with van der Waals surface area (Å²) in [6.07, 6.45) is 4.92. The molecule has 4 heteroatoms. The van der Waals surface area contributed by atoms with Crippen LogP contribution in [-0.2, 0) is 0 Å². The Morgan fingerprint density at radius 1 is 1.19 bits per heavy atom. The fraction of sp³-hybridized carbons (Fsp3) is 0.417. The van der Waals surface area contributed by atoms with Crippen LogP contribution >= 0.6 is 12.2 Å². The van der Waals surface area contributed by atoms with Crippen molar-refractivity contribution < 1.29 is 4.39 Å². The Morgan fingerprint density at radius 2 is 1.81 bits per heavy atom. The van der Waals surface area contributed by atoms with Gasteiger partial charge in [0.15, 0.2) is 5.11 Å². The van der Waals surface area contributed by atoms with Crippen molar-refractivity contribution in [1.82, 2.24) is 5.32 Å². The Morgan fingerprint density at radius 3 is 2.44 bits per heavy atom. The van der Waals surface area contributed by atoms with E-state index in [0.29, 0.717) is 11.2 Å². The standard InChI is InChI=1S/C12H15FN2S/c13-9-5-7-11(8-6-9)15-12(16)14-10-3-1-2-4-10/h5-8,10H,1-4H2,(H2,14,15,16). The van der Waals surface area contributed by atoms with Crippen molar-refractivity contribution in [3.05, 3.63) is 30.1 Å². The molecule has 2 N–H and O–H groups in total. The molecule has 0 bridgehead atoms. The molecule has 1 aliphatic rings. The summed E-state index contributed by atoms with van der Waals surface area (Å²) in [5.74, 6) is -0.236. The number of hydrogen-bond donors (Lipinski definition) is 2. The van der Waals surface area contributed by atoms with Crippen LogP contribution in [0.15, 0.2) is 24.3 Å². The monoisotopic (exact) mass is 238 g/mol. The maximum atomic E-state index is 12.7. The number of anilines is 1. The van der Waals surface area contributed by atoms with Crippen LogP contribution in [0, 0.1) is 5.82 Å². The van der Waals surface area contributed by atoms with Crippen LogP contribution in [0.3, 0.4) is 0 Å². The average Bonchev–Trinajstić information content (AvgIpc) is 2.74. The lowest BCUT2D eigenvalue weighted by Gasteiger charge is -2.15. The van der Waals surface area contributed by atoms with Crippen molar-refractivity contribution in [2.24, 2.45) is 0 Å². The molecule has 0 aromatic heterocycles. The highest BCUT2D eigenvalue weighted by Gasteiger charge is 2.15. The van der Waals surface area contributed by atoms with E-state index in [4.69, 9.17) is 12.2 Å². The molecule has 0 amide bonds. The van der Waals surface area contributed by atoms with E-state index >= 15 is 0 Å². The zero-order valence-corrected chi connectivity index (χ0v) is 9.82. The van der Waals surface area contributed by atoms with Gasteiger partial charge in [0.25, 0.3) is 0 Å². The molecule has 0 atom stereocenters. The first kappa shape index (κ1) is 11.3. The van der Waals surface area contributed by atoms with Crippen LogP contribution in [0.4, 0.5) is 10.1 Å². The van der Waals surface area contributed by atoms with E-state index in [0.717, 1.165) is 5.69 Å². The highest BCUT2D eigenvalue weighted by Crippen LogP contribution is 2.17. The van der Waals surface area contributed by atoms with Crippen molar-refractivity contribution in [3.8, 4) is 0 Å². The van der Waals surface area contributed by atoms with Gasteiger partial charge in [-0.1, -0.05) is 12.8 Å². The van der Waals surface area contributed by atoms with Crippen LogP contribution in [0.25, 0.3) is 0 Å². The van der Waals surface area contributed by atoms with Gasteiger partial charge < -0.3 is 10.6 Å². The molecule has 0 spiro atoms. The number of hydrogen-bond acceptors (Lipinski definition) is 1. The Kier molecular flexibility index (Phi) is 3.72. The lowest BCUT2D eigenvalue weighted by Crippen LogP contribution is -2.35. The minimum atomic E-state index is -0.236. The summed E-state index contributed by atoms with van der Waals surface area (Å²) in [6, 6.07) is 6.69. The number of benzene rings is 1. The van der Waals surface area contributed by atoms with Gasteiger partial charge in [-0.3, -0.25) is 0 Å². The van der Waals surface area contributed by atoms with E-state index in [2.05, 4.69) is 10.6 Å². The zero-order valence-electron chi connectivity index (χ0n) is 9.00. The SMILES string of the molecule is Fc1ccc(NC(=S)NC2CCCC2)cc1. The molecule has 1 fully saturated rings. The van der Waals surface area contributed by atoms with E-state index in [9.17, 15) is 4.39 Å².